The van der Waals surface area contributed by atoms with Crippen LogP contribution in [0.5, 0.6) is 11.5 Å². The maximum Gasteiger partial charge on any atom is 0.255 e. The monoisotopic (exact) mass is 466 g/mol. The largest absolute Gasteiger partial charge is 0.506 e. The Balaban J connectivity index is 1.44. The number of carbonyl (C=O) groups is 1. The second-order valence-corrected chi connectivity index (χ2v) is 8.35. The molecule has 1 saturated heterocycles. The van der Waals surface area contributed by atoms with E-state index in [1.54, 1.807) is 7.11 Å². The van der Waals surface area contributed by atoms with Crippen molar-refractivity contribution in [2.45, 2.75) is 12.5 Å². The third kappa shape index (κ3) is 4.76. The molecule has 0 bridgehead atoms. The minimum absolute atomic E-state index is 0.0456. The highest BCUT2D eigenvalue weighted by molar-refractivity contribution is 6.36. The fourth-order valence-corrected chi connectivity index (χ4v) is 4.31. The highest BCUT2D eigenvalue weighted by Crippen LogP contribution is 2.33. The molecule has 0 saturated carbocycles. The van der Waals surface area contributed by atoms with Gasteiger partial charge in [-0.25, -0.2) is 4.98 Å². The van der Waals surface area contributed by atoms with Gasteiger partial charge in [0, 0.05) is 37.8 Å². The lowest BCUT2D eigenvalue weighted by Gasteiger charge is -2.31. The van der Waals surface area contributed by atoms with E-state index in [9.17, 15) is 9.90 Å². The van der Waals surface area contributed by atoms with Gasteiger partial charge in [0.1, 0.15) is 18.2 Å². The zero-order valence-electron chi connectivity index (χ0n) is 17.1. The average molecular weight is 467 g/mol. The lowest BCUT2D eigenvalue weighted by atomic mass is 10.1. The van der Waals surface area contributed by atoms with E-state index in [-0.39, 0.29) is 22.4 Å². The molecule has 0 aliphatic carbocycles. The molecule has 2 N–H and O–H groups in total. The molecule has 31 heavy (non-hydrogen) atoms. The van der Waals surface area contributed by atoms with Gasteiger partial charge in [-0.3, -0.25) is 4.79 Å². The summed E-state index contributed by atoms with van der Waals surface area (Å²) < 4.78 is 10.9. The molecule has 4 rings (SSSR count). The molecule has 10 heteroatoms. The second kappa shape index (κ2) is 9.38. The Morgan fingerprint density at radius 1 is 1.35 bits per heavy atom. The Morgan fingerprint density at radius 2 is 2.19 bits per heavy atom. The van der Waals surface area contributed by atoms with Gasteiger partial charge in [-0.05, 0) is 30.7 Å². The van der Waals surface area contributed by atoms with Gasteiger partial charge in [0.05, 0.1) is 23.7 Å². The first kappa shape index (κ1) is 21.8. The van der Waals surface area contributed by atoms with Crippen molar-refractivity contribution < 1.29 is 19.4 Å². The molecule has 166 valence electrons. The van der Waals surface area contributed by atoms with Gasteiger partial charge < -0.3 is 29.7 Å². The van der Waals surface area contributed by atoms with Crippen LogP contribution in [-0.2, 0) is 4.74 Å². The number of benzene rings is 1. The van der Waals surface area contributed by atoms with Crippen LogP contribution < -0.4 is 19.9 Å². The number of aromatic hydroxyl groups is 1. The van der Waals surface area contributed by atoms with Crippen LogP contribution in [0.3, 0.4) is 0 Å². The average Bonchev–Trinajstić information content (AvgIpc) is 3.22. The number of aromatic nitrogens is 1. The van der Waals surface area contributed by atoms with Gasteiger partial charge >= 0.3 is 0 Å². The van der Waals surface area contributed by atoms with Crippen LogP contribution in [0, 0.1) is 0 Å². The van der Waals surface area contributed by atoms with Crippen molar-refractivity contribution in [3.63, 3.8) is 0 Å². The number of pyridine rings is 1. The number of fused-ring (bicyclic) bond motifs is 1. The van der Waals surface area contributed by atoms with Gasteiger partial charge in [-0.1, -0.05) is 23.2 Å². The van der Waals surface area contributed by atoms with Gasteiger partial charge in [0.2, 0.25) is 0 Å². The van der Waals surface area contributed by atoms with Crippen LogP contribution in [0.15, 0.2) is 24.3 Å². The Hall–Kier alpha value is -2.42. The van der Waals surface area contributed by atoms with E-state index in [0.717, 1.165) is 43.4 Å². The van der Waals surface area contributed by atoms with Crippen LogP contribution in [0.25, 0.3) is 0 Å². The summed E-state index contributed by atoms with van der Waals surface area (Å²) in [6, 6.07) is 6.58. The number of nitrogens with zero attached hydrogens (tertiary/aromatic N) is 3. The number of halogens is 2. The second-order valence-electron chi connectivity index (χ2n) is 7.51. The minimum atomic E-state index is -0.411. The summed E-state index contributed by atoms with van der Waals surface area (Å²) in [7, 11) is 1.68. The summed E-state index contributed by atoms with van der Waals surface area (Å²) in [4.78, 5) is 21.8. The van der Waals surface area contributed by atoms with E-state index in [1.807, 2.05) is 12.1 Å². The van der Waals surface area contributed by atoms with E-state index in [1.165, 1.54) is 12.1 Å². The van der Waals surface area contributed by atoms with E-state index in [4.69, 9.17) is 37.7 Å². The summed E-state index contributed by atoms with van der Waals surface area (Å²) in [5.41, 5.74) is 0.0637. The molecule has 0 spiro atoms. The molecule has 1 fully saturated rings. The molecule has 0 unspecified atom stereocenters. The van der Waals surface area contributed by atoms with Gasteiger partial charge in [-0.2, -0.15) is 0 Å². The number of anilines is 2. The van der Waals surface area contributed by atoms with Crippen LogP contribution in [0.4, 0.5) is 11.6 Å². The number of phenolic OH excluding ortho intramolecular Hbond substituents is 1. The molecule has 1 aromatic heterocycles. The van der Waals surface area contributed by atoms with Crippen molar-refractivity contribution in [1.29, 1.82) is 0 Å². The molecule has 3 heterocycles. The number of phenols is 1. The summed E-state index contributed by atoms with van der Waals surface area (Å²) in [5.74, 6) is 1.73. The number of nitrogens with one attached hydrogen (secondary N) is 1. The van der Waals surface area contributed by atoms with Crippen molar-refractivity contribution in [2.75, 3.05) is 56.3 Å². The van der Waals surface area contributed by atoms with Gasteiger partial charge in [-0.15, -0.1) is 0 Å². The van der Waals surface area contributed by atoms with Gasteiger partial charge in [0.15, 0.2) is 11.6 Å². The zero-order chi connectivity index (χ0) is 22.0. The molecule has 1 atom stereocenters. The molecular formula is C21H24Cl2N4O4. The number of ether oxygens (including phenoxy) is 2. The zero-order valence-corrected chi connectivity index (χ0v) is 18.6. The first-order valence-corrected chi connectivity index (χ1v) is 10.8. The molecule has 2 aliphatic rings. The van der Waals surface area contributed by atoms with Crippen molar-refractivity contribution in [3.8, 4) is 11.5 Å². The summed E-state index contributed by atoms with van der Waals surface area (Å²) in [6.07, 6.45) is 0.753. The van der Waals surface area contributed by atoms with Crippen LogP contribution in [0.2, 0.25) is 10.0 Å². The van der Waals surface area contributed by atoms with E-state index in [2.05, 4.69) is 15.1 Å². The standard InChI is InChI=1S/C21H24Cl2N4O4/c1-30-8-6-26-7-9-31-17-2-3-18(25-20(17)26)27-5-4-14(12-27)24-21(29)15-10-13(22)11-16(23)19(15)28/h2-3,10-11,14,28H,4-9,12H2,1H3,(H,24,29)/t14-/m0/s1. The predicted octanol–water partition coefficient (Wildman–Crippen LogP) is 2.95. The molecule has 1 amide bonds. The highest BCUT2D eigenvalue weighted by atomic mass is 35.5. The molecule has 8 nitrogen and oxygen atoms in total. The number of hydrogen-bond acceptors (Lipinski definition) is 7. The minimum Gasteiger partial charge on any atom is -0.506 e. The van der Waals surface area contributed by atoms with Crippen LogP contribution >= 0.6 is 23.2 Å². The Bertz CT molecular complexity index is 975. The first-order valence-electron chi connectivity index (χ1n) is 10.1. The maximum absolute atomic E-state index is 12.6. The topological polar surface area (TPSA) is 87.2 Å². The SMILES string of the molecule is COCCN1CCOc2ccc(N3CC[C@H](NC(=O)c4cc(Cl)cc(Cl)c4O)C3)nc21. The number of methoxy groups -OCH3 is 1. The summed E-state index contributed by atoms with van der Waals surface area (Å²) in [5, 5.41) is 13.4. The molecule has 1 aromatic carbocycles. The number of amides is 1. The number of rotatable bonds is 6. The molecule has 0 radical (unpaired) electrons. The molecular weight excluding hydrogens is 443 g/mol. The lowest BCUT2D eigenvalue weighted by Crippen LogP contribution is -2.38. The smallest absolute Gasteiger partial charge is 0.255 e. The quantitative estimate of drug-likeness (QED) is 0.676. The predicted molar refractivity (Wildman–Crippen MR) is 120 cm³/mol. The van der Waals surface area contributed by atoms with Gasteiger partial charge in [0.25, 0.3) is 5.91 Å². The third-order valence-electron chi connectivity index (χ3n) is 5.43. The number of carbonyl (C=O) groups excluding carboxylic acids is 1. The Kier molecular flexibility index (Phi) is 6.60. The maximum atomic E-state index is 12.6. The summed E-state index contributed by atoms with van der Waals surface area (Å²) in [6.45, 7) is 4.09. The Morgan fingerprint density at radius 3 is 3.00 bits per heavy atom. The molecule has 2 aliphatic heterocycles. The van der Waals surface area contributed by atoms with Crippen molar-refractivity contribution in [3.05, 3.63) is 39.9 Å². The van der Waals surface area contributed by atoms with Crippen LogP contribution in [-0.4, -0.2) is 68.5 Å². The highest BCUT2D eigenvalue weighted by Gasteiger charge is 2.28. The Labute approximate surface area is 190 Å². The van der Waals surface area contributed by atoms with E-state index in [0.29, 0.717) is 24.8 Å². The van der Waals surface area contributed by atoms with Crippen LogP contribution in [0.1, 0.15) is 16.8 Å². The number of hydrogen-bond donors (Lipinski definition) is 2. The lowest BCUT2D eigenvalue weighted by molar-refractivity contribution is 0.0937. The van der Waals surface area contributed by atoms with Crippen molar-refractivity contribution in [1.82, 2.24) is 10.3 Å². The van der Waals surface area contributed by atoms with E-state index >= 15 is 0 Å². The van der Waals surface area contributed by atoms with E-state index < -0.39 is 5.91 Å². The summed E-state index contributed by atoms with van der Waals surface area (Å²) >= 11 is 11.9. The van der Waals surface area contributed by atoms with Crippen molar-refractivity contribution >= 4 is 40.7 Å². The fraction of sp³-hybridized carbons (Fsp3) is 0.429. The third-order valence-corrected chi connectivity index (χ3v) is 5.93. The normalized spacial score (nSPS) is 18.0. The fourth-order valence-electron chi connectivity index (χ4n) is 3.82. The first-order chi connectivity index (χ1) is 15.0. The molecule has 2 aromatic rings. The van der Waals surface area contributed by atoms with Crippen molar-refractivity contribution in [2.24, 2.45) is 0 Å².